The molecule has 1 heterocycles. The van der Waals surface area contributed by atoms with Crippen LogP contribution >= 0.6 is 11.3 Å². The molecule has 3 heteroatoms. The number of rotatable bonds is 4. The van der Waals surface area contributed by atoms with Gasteiger partial charge < -0.3 is 5.32 Å². The highest BCUT2D eigenvalue weighted by atomic mass is 32.1. The van der Waals surface area contributed by atoms with Crippen molar-refractivity contribution in [3.8, 4) is 0 Å². The first-order chi connectivity index (χ1) is 6.09. The van der Waals surface area contributed by atoms with Crippen molar-refractivity contribution in [3.05, 3.63) is 16.1 Å². The van der Waals surface area contributed by atoms with E-state index in [1.54, 1.807) is 11.3 Å². The zero-order valence-corrected chi connectivity index (χ0v) is 9.61. The zero-order chi connectivity index (χ0) is 9.84. The molecular weight excluding hydrogens is 180 g/mol. The minimum Gasteiger partial charge on any atom is -0.308 e. The Kier molecular flexibility index (Phi) is 3.88. The largest absolute Gasteiger partial charge is 0.308 e. The molecule has 1 rings (SSSR count). The number of hydrogen-bond acceptors (Lipinski definition) is 3. The lowest BCUT2D eigenvalue weighted by atomic mass is 10.1. The maximum atomic E-state index is 4.30. The van der Waals surface area contributed by atoms with Crippen LogP contribution < -0.4 is 5.32 Å². The third-order valence-corrected chi connectivity index (χ3v) is 3.16. The fourth-order valence-electron chi connectivity index (χ4n) is 0.967. The average Bonchev–Trinajstić information content (AvgIpc) is 2.47. The van der Waals surface area contributed by atoms with Crippen molar-refractivity contribution < 1.29 is 0 Å². The van der Waals surface area contributed by atoms with Gasteiger partial charge in [0.25, 0.3) is 0 Å². The van der Waals surface area contributed by atoms with Gasteiger partial charge in [-0.25, -0.2) is 4.98 Å². The molecule has 0 bridgehead atoms. The molecular formula is C10H18N2S. The summed E-state index contributed by atoms with van der Waals surface area (Å²) in [7, 11) is 0. The van der Waals surface area contributed by atoms with E-state index in [4.69, 9.17) is 0 Å². The van der Waals surface area contributed by atoms with Gasteiger partial charge in [-0.1, -0.05) is 13.8 Å². The zero-order valence-electron chi connectivity index (χ0n) is 8.79. The molecule has 0 fully saturated rings. The van der Waals surface area contributed by atoms with Crippen LogP contribution in [0.4, 0.5) is 0 Å². The molecule has 0 spiro atoms. The molecule has 0 radical (unpaired) electrons. The summed E-state index contributed by atoms with van der Waals surface area (Å²) in [5, 5.41) is 4.64. The van der Waals surface area contributed by atoms with E-state index in [1.807, 2.05) is 6.20 Å². The van der Waals surface area contributed by atoms with Crippen LogP contribution in [0.2, 0.25) is 0 Å². The molecule has 1 unspecified atom stereocenters. The van der Waals surface area contributed by atoms with Crippen LogP contribution in [-0.2, 0) is 6.54 Å². The predicted molar refractivity (Wildman–Crippen MR) is 58.0 cm³/mol. The minimum atomic E-state index is 0.559. The van der Waals surface area contributed by atoms with Crippen molar-refractivity contribution in [2.24, 2.45) is 5.92 Å². The van der Waals surface area contributed by atoms with Gasteiger partial charge in [-0.05, 0) is 19.8 Å². The number of aryl methyl sites for hydroxylation is 1. The van der Waals surface area contributed by atoms with Crippen LogP contribution in [0, 0.1) is 12.8 Å². The van der Waals surface area contributed by atoms with Gasteiger partial charge in [0, 0.05) is 23.7 Å². The second kappa shape index (κ2) is 4.72. The van der Waals surface area contributed by atoms with Crippen molar-refractivity contribution >= 4 is 11.3 Å². The van der Waals surface area contributed by atoms with Gasteiger partial charge in [0.1, 0.15) is 5.01 Å². The predicted octanol–water partition coefficient (Wildman–Crippen LogP) is 2.59. The first-order valence-electron chi connectivity index (χ1n) is 4.74. The van der Waals surface area contributed by atoms with Crippen molar-refractivity contribution in [2.45, 2.75) is 40.3 Å². The van der Waals surface area contributed by atoms with Crippen molar-refractivity contribution in [1.29, 1.82) is 0 Å². The summed E-state index contributed by atoms with van der Waals surface area (Å²) in [6.45, 7) is 9.66. The van der Waals surface area contributed by atoms with Gasteiger partial charge in [0.2, 0.25) is 0 Å². The van der Waals surface area contributed by atoms with E-state index in [-0.39, 0.29) is 0 Å². The maximum absolute atomic E-state index is 4.30. The average molecular weight is 198 g/mol. The third-order valence-electron chi connectivity index (χ3n) is 2.24. The number of nitrogens with zero attached hydrogens (tertiary/aromatic N) is 1. The van der Waals surface area contributed by atoms with Crippen LogP contribution in [0.1, 0.15) is 30.7 Å². The van der Waals surface area contributed by atoms with E-state index in [1.165, 1.54) is 9.88 Å². The molecule has 0 aliphatic heterocycles. The molecule has 0 saturated heterocycles. The molecule has 13 heavy (non-hydrogen) atoms. The summed E-state index contributed by atoms with van der Waals surface area (Å²) in [6.07, 6.45) is 1.93. The Hall–Kier alpha value is -0.410. The van der Waals surface area contributed by atoms with Crippen LogP contribution in [0.3, 0.4) is 0 Å². The fraction of sp³-hybridized carbons (Fsp3) is 0.700. The highest BCUT2D eigenvalue weighted by Gasteiger charge is 2.06. The lowest BCUT2D eigenvalue weighted by Gasteiger charge is -2.16. The van der Waals surface area contributed by atoms with Gasteiger partial charge in [0.15, 0.2) is 0 Å². The van der Waals surface area contributed by atoms with Crippen molar-refractivity contribution in [3.63, 3.8) is 0 Å². The van der Waals surface area contributed by atoms with Gasteiger partial charge >= 0.3 is 0 Å². The summed E-state index contributed by atoms with van der Waals surface area (Å²) in [5.41, 5.74) is 0. The highest BCUT2D eigenvalue weighted by molar-refractivity contribution is 7.11. The van der Waals surface area contributed by atoms with Gasteiger partial charge in [-0.2, -0.15) is 0 Å². The first kappa shape index (κ1) is 10.7. The molecule has 0 saturated carbocycles. The van der Waals surface area contributed by atoms with Crippen molar-refractivity contribution in [1.82, 2.24) is 10.3 Å². The molecule has 0 aliphatic rings. The van der Waals surface area contributed by atoms with E-state index in [0.29, 0.717) is 12.0 Å². The van der Waals surface area contributed by atoms with E-state index in [0.717, 1.165) is 6.54 Å². The SMILES string of the molecule is Cc1cnc(CNC(C)C(C)C)s1. The van der Waals surface area contributed by atoms with Crippen LogP contribution in [-0.4, -0.2) is 11.0 Å². The Morgan fingerprint density at radius 3 is 2.62 bits per heavy atom. The maximum Gasteiger partial charge on any atom is 0.107 e. The molecule has 1 aromatic rings. The second-order valence-electron chi connectivity index (χ2n) is 3.78. The molecule has 2 nitrogen and oxygen atoms in total. The standard InChI is InChI=1S/C10H18N2S/c1-7(2)9(4)11-6-10-12-5-8(3)13-10/h5,7,9,11H,6H2,1-4H3. The molecule has 1 aromatic heterocycles. The molecule has 0 amide bonds. The molecule has 74 valence electrons. The van der Waals surface area contributed by atoms with Gasteiger partial charge in [-0.15, -0.1) is 11.3 Å². The summed E-state index contributed by atoms with van der Waals surface area (Å²) in [5.74, 6) is 0.682. The number of thiazole rings is 1. The quantitative estimate of drug-likeness (QED) is 0.804. The van der Waals surface area contributed by atoms with E-state index in [2.05, 4.69) is 38.0 Å². The first-order valence-corrected chi connectivity index (χ1v) is 5.56. The smallest absolute Gasteiger partial charge is 0.107 e. The third kappa shape index (κ3) is 3.44. The van der Waals surface area contributed by atoms with E-state index < -0.39 is 0 Å². The summed E-state index contributed by atoms with van der Waals surface area (Å²) < 4.78 is 0. The topological polar surface area (TPSA) is 24.9 Å². The van der Waals surface area contributed by atoms with E-state index in [9.17, 15) is 0 Å². The summed E-state index contributed by atoms with van der Waals surface area (Å²) >= 11 is 1.77. The van der Waals surface area contributed by atoms with Crippen molar-refractivity contribution in [2.75, 3.05) is 0 Å². The summed E-state index contributed by atoms with van der Waals surface area (Å²) in [6, 6.07) is 0.559. The molecule has 1 atom stereocenters. The van der Waals surface area contributed by atoms with Gasteiger partial charge in [-0.3, -0.25) is 0 Å². The Bertz CT molecular complexity index is 255. The number of hydrogen-bond donors (Lipinski definition) is 1. The van der Waals surface area contributed by atoms with Crippen LogP contribution in [0.25, 0.3) is 0 Å². The Morgan fingerprint density at radius 1 is 1.46 bits per heavy atom. The molecule has 0 aromatic carbocycles. The monoisotopic (exact) mass is 198 g/mol. The lowest BCUT2D eigenvalue weighted by Crippen LogP contribution is -2.30. The lowest BCUT2D eigenvalue weighted by molar-refractivity contribution is 0.426. The summed E-state index contributed by atoms with van der Waals surface area (Å²) in [4.78, 5) is 5.59. The van der Waals surface area contributed by atoms with E-state index >= 15 is 0 Å². The number of nitrogens with one attached hydrogen (secondary N) is 1. The molecule has 0 aliphatic carbocycles. The highest BCUT2D eigenvalue weighted by Crippen LogP contribution is 2.11. The molecule has 1 N–H and O–H groups in total. The fourth-order valence-corrected chi connectivity index (χ4v) is 1.71. The Morgan fingerprint density at radius 2 is 2.15 bits per heavy atom. The van der Waals surface area contributed by atoms with Crippen LogP contribution in [0.5, 0.6) is 0 Å². The normalized spacial score (nSPS) is 13.6. The minimum absolute atomic E-state index is 0.559. The van der Waals surface area contributed by atoms with Crippen LogP contribution in [0.15, 0.2) is 6.20 Å². The van der Waals surface area contributed by atoms with Gasteiger partial charge in [0.05, 0.1) is 0 Å². The Labute approximate surface area is 84.4 Å². The number of aromatic nitrogens is 1. The second-order valence-corrected chi connectivity index (χ2v) is 5.10. The Balaban J connectivity index is 2.35.